The lowest BCUT2D eigenvalue weighted by molar-refractivity contribution is 1.17. The summed E-state index contributed by atoms with van der Waals surface area (Å²) in [5.41, 5.74) is 5.16. The summed E-state index contributed by atoms with van der Waals surface area (Å²) in [5.74, 6) is 0. The minimum atomic E-state index is 0.810. The van der Waals surface area contributed by atoms with Gasteiger partial charge in [0.25, 0.3) is 0 Å². The number of nitrogens with one attached hydrogen (secondary N) is 1. The molecule has 0 aliphatic carbocycles. The Hall–Kier alpha value is -1.72. The number of aromatic nitrogens is 2. The molecule has 3 rings (SSSR count). The molecule has 0 unspecified atom stereocenters. The molecular weight excluding hydrogens is 274 g/mol. The molecule has 0 atom stereocenters. The van der Waals surface area contributed by atoms with E-state index < -0.39 is 0 Å². The minimum absolute atomic E-state index is 0.810. The lowest BCUT2D eigenvalue weighted by Gasteiger charge is -2.06. The fraction of sp³-hybridized carbons (Fsp3) is 0.143. The van der Waals surface area contributed by atoms with Gasteiger partial charge in [-0.05, 0) is 19.1 Å². The number of benzene rings is 1. The van der Waals surface area contributed by atoms with Crippen LogP contribution in [0, 0.1) is 6.92 Å². The number of rotatable bonds is 4. The van der Waals surface area contributed by atoms with Gasteiger partial charge in [-0.25, -0.2) is 4.98 Å². The van der Waals surface area contributed by atoms with Crippen molar-refractivity contribution in [1.82, 2.24) is 9.97 Å². The molecule has 0 radical (unpaired) electrons. The van der Waals surface area contributed by atoms with Gasteiger partial charge in [-0.2, -0.15) is 0 Å². The Kier molecular flexibility index (Phi) is 3.57. The molecule has 2 aromatic heterocycles. The molecule has 0 spiro atoms. The summed E-state index contributed by atoms with van der Waals surface area (Å²) in [4.78, 5) is 9.82. The first kappa shape index (κ1) is 12.3. The molecule has 0 aliphatic heterocycles. The van der Waals surface area contributed by atoms with Crippen LogP contribution in [0.1, 0.15) is 9.88 Å². The summed E-state index contributed by atoms with van der Waals surface area (Å²) >= 11 is 3.34. The van der Waals surface area contributed by atoms with Gasteiger partial charge in [0.1, 0.15) is 0 Å². The van der Waals surface area contributed by atoms with E-state index >= 15 is 0 Å². The van der Waals surface area contributed by atoms with E-state index in [-0.39, 0.29) is 0 Å². The van der Waals surface area contributed by atoms with Crippen molar-refractivity contribution in [3.8, 4) is 11.3 Å². The second-order valence-corrected chi connectivity index (χ2v) is 6.19. The van der Waals surface area contributed by atoms with Gasteiger partial charge in [-0.3, -0.25) is 4.98 Å². The fourth-order valence-electron chi connectivity index (χ4n) is 1.80. The summed E-state index contributed by atoms with van der Waals surface area (Å²) in [6, 6.07) is 8.35. The van der Waals surface area contributed by atoms with Gasteiger partial charge in [0.15, 0.2) is 0 Å². The molecule has 0 aliphatic rings. The zero-order chi connectivity index (χ0) is 13.1. The third-order valence-corrected chi connectivity index (χ3v) is 4.28. The summed E-state index contributed by atoms with van der Waals surface area (Å²) in [6.07, 6.45) is 1.89. The topological polar surface area (TPSA) is 37.8 Å². The van der Waals surface area contributed by atoms with E-state index in [1.54, 1.807) is 22.7 Å². The Bertz CT molecular complexity index is 659. The number of hydrogen-bond acceptors (Lipinski definition) is 5. The highest BCUT2D eigenvalue weighted by molar-refractivity contribution is 7.10. The summed E-state index contributed by atoms with van der Waals surface area (Å²) in [6.45, 7) is 2.84. The first-order valence-electron chi connectivity index (χ1n) is 5.95. The molecule has 2 heterocycles. The van der Waals surface area contributed by atoms with Gasteiger partial charge in [-0.15, -0.1) is 22.7 Å². The van der Waals surface area contributed by atoms with Crippen molar-refractivity contribution >= 4 is 28.4 Å². The van der Waals surface area contributed by atoms with Crippen LogP contribution in [0.2, 0.25) is 0 Å². The van der Waals surface area contributed by atoms with E-state index in [1.165, 1.54) is 4.88 Å². The minimum Gasteiger partial charge on any atom is -0.380 e. The fourth-order valence-corrected chi connectivity index (χ4v) is 2.96. The molecular formula is C14H13N3S2. The molecule has 0 saturated heterocycles. The van der Waals surface area contributed by atoms with Crippen LogP contribution in [0.3, 0.4) is 0 Å². The van der Waals surface area contributed by atoms with Gasteiger partial charge >= 0.3 is 0 Å². The monoisotopic (exact) mass is 287 g/mol. The highest BCUT2D eigenvalue weighted by atomic mass is 32.1. The van der Waals surface area contributed by atoms with Crippen LogP contribution in [-0.2, 0) is 6.54 Å². The van der Waals surface area contributed by atoms with E-state index in [1.807, 2.05) is 18.6 Å². The highest BCUT2D eigenvalue weighted by Gasteiger charge is 2.03. The first-order valence-corrected chi connectivity index (χ1v) is 7.71. The maximum atomic E-state index is 4.51. The van der Waals surface area contributed by atoms with Crippen LogP contribution >= 0.6 is 22.7 Å². The highest BCUT2D eigenvalue weighted by Crippen LogP contribution is 2.24. The number of anilines is 1. The van der Waals surface area contributed by atoms with E-state index in [4.69, 9.17) is 0 Å². The van der Waals surface area contributed by atoms with Gasteiger partial charge in [-0.1, -0.05) is 12.1 Å². The van der Waals surface area contributed by atoms with Crippen molar-refractivity contribution in [2.45, 2.75) is 13.5 Å². The van der Waals surface area contributed by atoms with Crippen molar-refractivity contribution in [2.75, 3.05) is 5.32 Å². The van der Waals surface area contributed by atoms with Crippen LogP contribution in [0.15, 0.2) is 41.4 Å². The van der Waals surface area contributed by atoms with Crippen molar-refractivity contribution in [3.63, 3.8) is 0 Å². The maximum Gasteiger partial charge on any atom is 0.0901 e. The third-order valence-electron chi connectivity index (χ3n) is 2.73. The van der Waals surface area contributed by atoms with Gasteiger partial charge in [0.05, 0.1) is 22.8 Å². The van der Waals surface area contributed by atoms with Crippen LogP contribution in [0.4, 0.5) is 5.69 Å². The first-order chi connectivity index (χ1) is 9.31. The predicted octanol–water partition coefficient (Wildman–Crippen LogP) is 4.19. The zero-order valence-corrected chi connectivity index (χ0v) is 12.1. The number of nitrogens with zero attached hydrogens (tertiary/aromatic N) is 2. The lowest BCUT2D eigenvalue weighted by atomic mass is 10.1. The predicted molar refractivity (Wildman–Crippen MR) is 81.7 cm³/mol. The van der Waals surface area contributed by atoms with E-state index in [0.29, 0.717) is 0 Å². The van der Waals surface area contributed by atoms with E-state index in [2.05, 4.69) is 44.9 Å². The molecule has 19 heavy (non-hydrogen) atoms. The normalized spacial score (nSPS) is 10.6. The van der Waals surface area contributed by atoms with Gasteiger partial charge in [0, 0.05) is 27.7 Å². The second kappa shape index (κ2) is 5.50. The van der Waals surface area contributed by atoms with Gasteiger partial charge in [0.2, 0.25) is 0 Å². The number of thiazole rings is 2. The van der Waals surface area contributed by atoms with Gasteiger partial charge < -0.3 is 5.32 Å². The Balaban J connectivity index is 1.76. The van der Waals surface area contributed by atoms with Crippen molar-refractivity contribution < 1.29 is 0 Å². The average molecular weight is 287 g/mol. The number of aryl methyl sites for hydroxylation is 1. The molecule has 0 bridgehead atoms. The molecule has 0 saturated carbocycles. The third kappa shape index (κ3) is 3.00. The van der Waals surface area contributed by atoms with Crippen LogP contribution in [0.5, 0.6) is 0 Å². The standard InChI is InChI=1S/C14H13N3S2/c1-10-17-14(8-18-10)11-3-2-4-12(5-11)16-7-13-6-15-9-19-13/h2-6,8-9,16H,7H2,1H3. The van der Waals surface area contributed by atoms with Crippen molar-refractivity contribution in [3.05, 3.63) is 51.2 Å². The zero-order valence-electron chi connectivity index (χ0n) is 10.5. The summed E-state index contributed by atoms with van der Waals surface area (Å²) < 4.78 is 0. The lowest BCUT2D eigenvalue weighted by Crippen LogP contribution is -1.97. The summed E-state index contributed by atoms with van der Waals surface area (Å²) in [5, 5.41) is 6.60. The number of hydrogen-bond donors (Lipinski definition) is 1. The molecule has 5 heteroatoms. The Labute approximate surface area is 120 Å². The maximum absolute atomic E-state index is 4.51. The second-order valence-electron chi connectivity index (χ2n) is 4.15. The molecule has 3 aromatic rings. The molecule has 0 amide bonds. The quantitative estimate of drug-likeness (QED) is 0.782. The molecule has 0 fully saturated rings. The Morgan fingerprint density at radius 3 is 2.95 bits per heavy atom. The SMILES string of the molecule is Cc1nc(-c2cccc(NCc3cncs3)c2)cs1. The molecule has 3 nitrogen and oxygen atoms in total. The van der Waals surface area contributed by atoms with E-state index in [0.717, 1.165) is 28.5 Å². The Morgan fingerprint density at radius 2 is 2.21 bits per heavy atom. The Morgan fingerprint density at radius 1 is 1.26 bits per heavy atom. The van der Waals surface area contributed by atoms with Crippen LogP contribution in [0.25, 0.3) is 11.3 Å². The largest absolute Gasteiger partial charge is 0.380 e. The van der Waals surface area contributed by atoms with Crippen LogP contribution in [-0.4, -0.2) is 9.97 Å². The molecule has 96 valence electrons. The average Bonchev–Trinajstić information content (AvgIpc) is 3.08. The molecule has 1 N–H and O–H groups in total. The summed E-state index contributed by atoms with van der Waals surface area (Å²) in [7, 11) is 0. The van der Waals surface area contributed by atoms with E-state index in [9.17, 15) is 0 Å². The van der Waals surface area contributed by atoms with Crippen LogP contribution < -0.4 is 5.32 Å². The van der Waals surface area contributed by atoms with Crippen molar-refractivity contribution in [1.29, 1.82) is 0 Å². The smallest absolute Gasteiger partial charge is 0.0901 e. The van der Waals surface area contributed by atoms with Crippen molar-refractivity contribution in [2.24, 2.45) is 0 Å². The molecule has 1 aromatic carbocycles.